The van der Waals surface area contributed by atoms with Crippen LogP contribution in [-0.4, -0.2) is 41.7 Å². The summed E-state index contributed by atoms with van der Waals surface area (Å²) in [7, 11) is 0. The summed E-state index contributed by atoms with van der Waals surface area (Å²) >= 11 is 0. The van der Waals surface area contributed by atoms with Crippen LogP contribution in [0.4, 0.5) is 0 Å². The molecule has 0 radical (unpaired) electrons. The van der Waals surface area contributed by atoms with E-state index < -0.39 is 0 Å². The molecule has 0 amide bonds. The van der Waals surface area contributed by atoms with Crippen molar-refractivity contribution in [2.24, 2.45) is 5.92 Å². The Bertz CT molecular complexity index is 1710. The molecule has 38 heavy (non-hydrogen) atoms. The standard InChI is InChI=1S/C30H28N8/c1-2-4-19(3-1)14-32-15-20-11-22(17-33-16-20)23-12-25-29(37-38-30(25)35-18-23)27-13-24-26(36-27)7-10-34-28(24)21-5-8-31-9-6-21/h5-13,16-19,32,36H,1-4,14-15H2,(H,35,37,38). The van der Waals surface area contributed by atoms with Crippen molar-refractivity contribution in [3.63, 3.8) is 0 Å². The fourth-order valence-electron chi connectivity index (χ4n) is 5.57. The van der Waals surface area contributed by atoms with Gasteiger partial charge in [-0.05, 0) is 67.3 Å². The van der Waals surface area contributed by atoms with Crippen LogP contribution >= 0.6 is 0 Å². The van der Waals surface area contributed by atoms with Crippen molar-refractivity contribution in [1.82, 2.24) is 40.4 Å². The normalized spacial score (nSPS) is 14.1. The van der Waals surface area contributed by atoms with Crippen LogP contribution in [0.2, 0.25) is 0 Å². The fourth-order valence-corrected chi connectivity index (χ4v) is 5.57. The zero-order valence-electron chi connectivity index (χ0n) is 21.0. The molecule has 1 aliphatic carbocycles. The summed E-state index contributed by atoms with van der Waals surface area (Å²) in [6.45, 7) is 1.91. The van der Waals surface area contributed by atoms with Crippen LogP contribution in [0.3, 0.4) is 0 Å². The summed E-state index contributed by atoms with van der Waals surface area (Å²) in [6.07, 6.45) is 16.6. The first-order valence-corrected chi connectivity index (χ1v) is 13.2. The third-order valence-electron chi connectivity index (χ3n) is 7.54. The number of aromatic nitrogens is 7. The van der Waals surface area contributed by atoms with Crippen LogP contribution < -0.4 is 5.32 Å². The van der Waals surface area contributed by atoms with Crippen LogP contribution in [0, 0.1) is 5.92 Å². The van der Waals surface area contributed by atoms with Gasteiger partial charge < -0.3 is 10.3 Å². The second kappa shape index (κ2) is 9.79. The third-order valence-corrected chi connectivity index (χ3v) is 7.54. The van der Waals surface area contributed by atoms with Gasteiger partial charge in [-0.15, -0.1) is 0 Å². The lowest BCUT2D eigenvalue weighted by Crippen LogP contribution is -2.20. The van der Waals surface area contributed by atoms with Gasteiger partial charge in [0, 0.05) is 76.7 Å². The Labute approximate surface area is 220 Å². The van der Waals surface area contributed by atoms with Crippen molar-refractivity contribution in [1.29, 1.82) is 0 Å². The molecule has 8 heteroatoms. The summed E-state index contributed by atoms with van der Waals surface area (Å²) in [6, 6.07) is 12.4. The highest BCUT2D eigenvalue weighted by atomic mass is 15.2. The van der Waals surface area contributed by atoms with E-state index in [0.717, 1.165) is 74.7 Å². The second-order valence-corrected chi connectivity index (χ2v) is 10.1. The molecule has 6 aromatic heterocycles. The van der Waals surface area contributed by atoms with E-state index in [2.05, 4.69) is 58.6 Å². The highest BCUT2D eigenvalue weighted by Crippen LogP contribution is 2.33. The quantitative estimate of drug-likeness (QED) is 0.252. The van der Waals surface area contributed by atoms with Gasteiger partial charge in [0.2, 0.25) is 0 Å². The van der Waals surface area contributed by atoms with Gasteiger partial charge in [0.1, 0.15) is 5.69 Å². The fraction of sp³-hybridized carbons (Fsp3) is 0.233. The first-order valence-electron chi connectivity index (χ1n) is 13.2. The maximum absolute atomic E-state index is 4.67. The molecule has 0 aliphatic heterocycles. The van der Waals surface area contributed by atoms with Crippen LogP contribution in [-0.2, 0) is 6.54 Å². The van der Waals surface area contributed by atoms with E-state index in [-0.39, 0.29) is 0 Å². The molecule has 6 aromatic rings. The minimum Gasteiger partial charge on any atom is -0.353 e. The molecule has 0 bridgehead atoms. The first kappa shape index (κ1) is 22.7. The van der Waals surface area contributed by atoms with Gasteiger partial charge in [-0.2, -0.15) is 5.10 Å². The lowest BCUT2D eigenvalue weighted by atomic mass is 10.1. The molecule has 1 saturated carbocycles. The Kier molecular flexibility index (Phi) is 5.86. The second-order valence-electron chi connectivity index (χ2n) is 10.1. The van der Waals surface area contributed by atoms with E-state index in [9.17, 15) is 0 Å². The molecular formula is C30H28N8. The number of nitrogens with zero attached hydrogens (tertiary/aromatic N) is 5. The molecule has 0 atom stereocenters. The van der Waals surface area contributed by atoms with Crippen LogP contribution in [0.1, 0.15) is 31.2 Å². The summed E-state index contributed by atoms with van der Waals surface area (Å²) in [5.74, 6) is 0.818. The zero-order chi connectivity index (χ0) is 25.3. The van der Waals surface area contributed by atoms with E-state index >= 15 is 0 Å². The number of fused-ring (bicyclic) bond motifs is 2. The molecule has 7 rings (SSSR count). The predicted octanol–water partition coefficient (Wildman–Crippen LogP) is 5.91. The summed E-state index contributed by atoms with van der Waals surface area (Å²) in [4.78, 5) is 21.5. The molecular weight excluding hydrogens is 472 g/mol. The summed E-state index contributed by atoms with van der Waals surface area (Å²) < 4.78 is 0. The summed E-state index contributed by atoms with van der Waals surface area (Å²) in [5, 5.41) is 13.3. The Hall–Kier alpha value is -4.43. The average Bonchev–Trinajstić information content (AvgIpc) is 3.73. The van der Waals surface area contributed by atoms with E-state index in [4.69, 9.17) is 0 Å². The maximum atomic E-state index is 4.67. The number of hydrogen-bond acceptors (Lipinski definition) is 6. The molecule has 3 N–H and O–H groups in total. The van der Waals surface area contributed by atoms with Gasteiger partial charge in [0.05, 0.1) is 11.4 Å². The predicted molar refractivity (Wildman–Crippen MR) is 149 cm³/mol. The van der Waals surface area contributed by atoms with Crippen LogP contribution in [0.25, 0.3) is 55.7 Å². The minimum absolute atomic E-state index is 0.747. The Morgan fingerprint density at radius 3 is 2.55 bits per heavy atom. The lowest BCUT2D eigenvalue weighted by Gasteiger charge is -2.11. The van der Waals surface area contributed by atoms with Crippen molar-refractivity contribution in [2.75, 3.05) is 6.54 Å². The number of nitrogens with one attached hydrogen (secondary N) is 3. The summed E-state index contributed by atoms with van der Waals surface area (Å²) in [5.41, 5.74) is 8.67. The van der Waals surface area contributed by atoms with E-state index in [1.165, 1.54) is 31.2 Å². The maximum Gasteiger partial charge on any atom is 0.155 e. The monoisotopic (exact) mass is 500 g/mol. The molecule has 1 aliphatic rings. The SMILES string of the molecule is c1cc(-c2nccc3[nH]c(-c4n[nH]c5ncc(-c6cncc(CNCC7CCCC7)c6)cc45)cc23)ccn1. The molecule has 188 valence electrons. The van der Waals surface area contributed by atoms with Gasteiger partial charge in [-0.3, -0.25) is 20.1 Å². The van der Waals surface area contributed by atoms with E-state index in [0.29, 0.717) is 0 Å². The largest absolute Gasteiger partial charge is 0.353 e. The smallest absolute Gasteiger partial charge is 0.155 e. The van der Waals surface area contributed by atoms with Crippen molar-refractivity contribution in [2.45, 2.75) is 32.2 Å². The molecule has 8 nitrogen and oxygen atoms in total. The Balaban J connectivity index is 1.20. The zero-order valence-corrected chi connectivity index (χ0v) is 21.0. The Morgan fingerprint density at radius 1 is 0.789 bits per heavy atom. The first-order chi connectivity index (χ1) is 18.8. The molecule has 0 spiro atoms. The molecule has 0 aromatic carbocycles. The number of hydrogen-bond donors (Lipinski definition) is 3. The lowest BCUT2D eigenvalue weighted by molar-refractivity contribution is 0.489. The highest BCUT2D eigenvalue weighted by molar-refractivity contribution is 5.99. The van der Waals surface area contributed by atoms with Gasteiger partial charge in [-0.25, -0.2) is 4.98 Å². The minimum atomic E-state index is 0.747. The van der Waals surface area contributed by atoms with Crippen molar-refractivity contribution in [3.05, 3.63) is 79.1 Å². The van der Waals surface area contributed by atoms with Gasteiger partial charge in [0.15, 0.2) is 5.65 Å². The van der Waals surface area contributed by atoms with Gasteiger partial charge in [-0.1, -0.05) is 12.8 Å². The topological polar surface area (TPSA) is 108 Å². The molecule has 1 fully saturated rings. The van der Waals surface area contributed by atoms with Gasteiger partial charge >= 0.3 is 0 Å². The van der Waals surface area contributed by atoms with Gasteiger partial charge in [0.25, 0.3) is 0 Å². The van der Waals surface area contributed by atoms with E-state index in [1.807, 2.05) is 43.0 Å². The van der Waals surface area contributed by atoms with Crippen molar-refractivity contribution in [3.8, 4) is 33.8 Å². The number of aromatic amines is 2. The average molecular weight is 501 g/mol. The van der Waals surface area contributed by atoms with Crippen molar-refractivity contribution >= 4 is 21.9 Å². The number of H-pyrrole nitrogens is 2. The molecule has 0 saturated heterocycles. The van der Waals surface area contributed by atoms with Crippen LogP contribution in [0.15, 0.2) is 73.6 Å². The third kappa shape index (κ3) is 4.33. The van der Waals surface area contributed by atoms with Crippen molar-refractivity contribution < 1.29 is 0 Å². The van der Waals surface area contributed by atoms with Crippen LogP contribution in [0.5, 0.6) is 0 Å². The molecule has 0 unspecified atom stereocenters. The molecule has 6 heterocycles. The van der Waals surface area contributed by atoms with E-state index in [1.54, 1.807) is 12.4 Å². The number of pyridine rings is 4. The number of rotatable bonds is 7. The highest BCUT2D eigenvalue weighted by Gasteiger charge is 2.16. The Morgan fingerprint density at radius 2 is 1.66 bits per heavy atom.